The van der Waals surface area contributed by atoms with Crippen LogP contribution < -0.4 is 11.2 Å². The van der Waals surface area contributed by atoms with Gasteiger partial charge in [0.25, 0.3) is 5.56 Å². The van der Waals surface area contributed by atoms with Crippen LogP contribution >= 0.6 is 11.3 Å². The van der Waals surface area contributed by atoms with E-state index in [9.17, 15) is 9.59 Å². The van der Waals surface area contributed by atoms with Gasteiger partial charge in [-0.3, -0.25) is 14.3 Å². The van der Waals surface area contributed by atoms with E-state index in [1.165, 1.54) is 4.57 Å². The summed E-state index contributed by atoms with van der Waals surface area (Å²) >= 11 is 1.57. The third kappa shape index (κ3) is 1.74. The van der Waals surface area contributed by atoms with Gasteiger partial charge < -0.3 is 4.98 Å². The van der Waals surface area contributed by atoms with Crippen molar-refractivity contribution in [2.24, 2.45) is 0 Å². The van der Waals surface area contributed by atoms with E-state index in [1.807, 2.05) is 24.6 Å². The lowest BCUT2D eigenvalue weighted by Crippen LogP contribution is -2.29. The van der Waals surface area contributed by atoms with Gasteiger partial charge in [-0.1, -0.05) is 0 Å². The van der Waals surface area contributed by atoms with Gasteiger partial charge >= 0.3 is 5.69 Å². The standard InChI is InChI=1S/C12H12N4O2S/c1-3-16-10-8(11(17)15-12(16)18)13-9(14-10)7-5-19-4-6(7)2/h4-5H,3H2,1-2H3,(H,13,14)(H,15,17,18). The van der Waals surface area contributed by atoms with Crippen molar-refractivity contribution < 1.29 is 0 Å². The smallest absolute Gasteiger partial charge is 0.330 e. The van der Waals surface area contributed by atoms with Crippen molar-refractivity contribution in [3.05, 3.63) is 37.2 Å². The number of aryl methyl sites for hydroxylation is 2. The molecule has 0 aliphatic heterocycles. The van der Waals surface area contributed by atoms with Crippen LogP contribution in [0.3, 0.4) is 0 Å². The number of H-pyrrole nitrogens is 2. The minimum atomic E-state index is -0.434. The summed E-state index contributed by atoms with van der Waals surface area (Å²) < 4.78 is 1.44. The van der Waals surface area contributed by atoms with Crippen molar-refractivity contribution in [1.82, 2.24) is 19.5 Å². The van der Waals surface area contributed by atoms with E-state index in [2.05, 4.69) is 15.0 Å². The first-order valence-electron chi connectivity index (χ1n) is 5.87. The number of aromatic nitrogens is 4. The third-order valence-electron chi connectivity index (χ3n) is 3.06. The zero-order valence-electron chi connectivity index (χ0n) is 10.5. The summed E-state index contributed by atoms with van der Waals surface area (Å²) in [6.45, 7) is 4.28. The van der Waals surface area contributed by atoms with Gasteiger partial charge in [0.2, 0.25) is 0 Å². The fourth-order valence-electron chi connectivity index (χ4n) is 2.07. The van der Waals surface area contributed by atoms with Crippen molar-refractivity contribution in [3.63, 3.8) is 0 Å². The molecule has 0 aliphatic carbocycles. The molecule has 3 aromatic heterocycles. The van der Waals surface area contributed by atoms with Crippen molar-refractivity contribution in [2.75, 3.05) is 0 Å². The highest BCUT2D eigenvalue weighted by Crippen LogP contribution is 2.25. The molecule has 0 aliphatic rings. The molecule has 0 aromatic carbocycles. The molecule has 0 unspecified atom stereocenters. The van der Waals surface area contributed by atoms with Crippen molar-refractivity contribution in [3.8, 4) is 11.4 Å². The highest BCUT2D eigenvalue weighted by atomic mass is 32.1. The van der Waals surface area contributed by atoms with Gasteiger partial charge in [-0.2, -0.15) is 11.3 Å². The quantitative estimate of drug-likeness (QED) is 0.743. The summed E-state index contributed by atoms with van der Waals surface area (Å²) in [6, 6.07) is 0. The summed E-state index contributed by atoms with van der Waals surface area (Å²) in [4.78, 5) is 33.2. The Labute approximate surface area is 111 Å². The normalized spacial score (nSPS) is 11.3. The molecular weight excluding hydrogens is 264 g/mol. The third-order valence-corrected chi connectivity index (χ3v) is 3.92. The van der Waals surface area contributed by atoms with Crippen LogP contribution in [0.4, 0.5) is 0 Å². The van der Waals surface area contributed by atoms with E-state index in [-0.39, 0.29) is 0 Å². The minimum Gasteiger partial charge on any atom is -0.332 e. The molecule has 0 fully saturated rings. The molecule has 19 heavy (non-hydrogen) atoms. The Balaban J connectivity index is 2.38. The fourth-order valence-corrected chi connectivity index (χ4v) is 2.90. The molecule has 7 heteroatoms. The molecule has 2 N–H and O–H groups in total. The van der Waals surface area contributed by atoms with Crippen molar-refractivity contribution in [2.45, 2.75) is 20.4 Å². The summed E-state index contributed by atoms with van der Waals surface area (Å²) in [7, 11) is 0. The zero-order valence-corrected chi connectivity index (χ0v) is 11.3. The Morgan fingerprint density at radius 1 is 1.32 bits per heavy atom. The molecule has 0 radical (unpaired) electrons. The number of nitrogens with zero attached hydrogens (tertiary/aromatic N) is 2. The molecule has 0 spiro atoms. The van der Waals surface area contributed by atoms with E-state index < -0.39 is 11.2 Å². The Morgan fingerprint density at radius 2 is 2.11 bits per heavy atom. The largest absolute Gasteiger partial charge is 0.332 e. The van der Waals surface area contributed by atoms with E-state index in [0.29, 0.717) is 23.5 Å². The SMILES string of the molecule is CCn1c(=O)[nH]c(=O)c2[nH]c(-c3cscc3C)nc21. The maximum absolute atomic E-state index is 11.8. The van der Waals surface area contributed by atoms with Crippen LogP contribution in [0.5, 0.6) is 0 Å². The molecule has 0 saturated heterocycles. The van der Waals surface area contributed by atoms with Crippen LogP contribution in [-0.4, -0.2) is 19.5 Å². The van der Waals surface area contributed by atoms with Gasteiger partial charge in [0.05, 0.1) is 0 Å². The van der Waals surface area contributed by atoms with E-state index in [4.69, 9.17) is 0 Å². The minimum absolute atomic E-state index is 0.335. The summed E-state index contributed by atoms with van der Waals surface area (Å²) in [5.41, 5.74) is 1.91. The number of rotatable bonds is 2. The molecule has 0 amide bonds. The van der Waals surface area contributed by atoms with E-state index >= 15 is 0 Å². The first kappa shape index (κ1) is 11.9. The molecule has 3 aromatic rings. The topological polar surface area (TPSA) is 83.5 Å². The van der Waals surface area contributed by atoms with Crippen LogP contribution in [0.2, 0.25) is 0 Å². The molecule has 0 atom stereocenters. The summed E-state index contributed by atoms with van der Waals surface area (Å²) in [6.07, 6.45) is 0. The second-order valence-electron chi connectivity index (χ2n) is 4.26. The maximum atomic E-state index is 11.8. The molecule has 0 saturated carbocycles. The lowest BCUT2D eigenvalue weighted by Gasteiger charge is -1.99. The lowest BCUT2D eigenvalue weighted by molar-refractivity contribution is 0.720. The molecule has 98 valence electrons. The van der Waals surface area contributed by atoms with Gasteiger partial charge in [-0.05, 0) is 24.8 Å². The number of hydrogen-bond donors (Lipinski definition) is 2. The highest BCUT2D eigenvalue weighted by molar-refractivity contribution is 7.08. The van der Waals surface area contributed by atoms with Crippen LogP contribution in [0, 0.1) is 6.92 Å². The van der Waals surface area contributed by atoms with Crippen LogP contribution in [0.25, 0.3) is 22.6 Å². The number of hydrogen-bond acceptors (Lipinski definition) is 4. The first-order valence-corrected chi connectivity index (χ1v) is 6.82. The predicted molar refractivity (Wildman–Crippen MR) is 74.7 cm³/mol. The number of thiophene rings is 1. The van der Waals surface area contributed by atoms with Crippen LogP contribution in [0.1, 0.15) is 12.5 Å². The van der Waals surface area contributed by atoms with Gasteiger partial charge in [-0.15, -0.1) is 0 Å². The van der Waals surface area contributed by atoms with Gasteiger partial charge in [-0.25, -0.2) is 9.78 Å². The second kappa shape index (κ2) is 4.20. The molecular formula is C12H12N4O2S. The molecule has 3 heterocycles. The van der Waals surface area contributed by atoms with Crippen molar-refractivity contribution in [1.29, 1.82) is 0 Å². The second-order valence-corrected chi connectivity index (χ2v) is 5.00. The van der Waals surface area contributed by atoms with E-state index in [1.54, 1.807) is 11.3 Å². The van der Waals surface area contributed by atoms with Gasteiger partial charge in [0, 0.05) is 17.5 Å². The lowest BCUT2D eigenvalue weighted by atomic mass is 10.2. The predicted octanol–water partition coefficient (Wildman–Crippen LogP) is 1.47. The highest BCUT2D eigenvalue weighted by Gasteiger charge is 2.14. The number of aromatic amines is 2. The van der Waals surface area contributed by atoms with E-state index in [0.717, 1.165) is 11.1 Å². The Bertz CT molecular complexity index is 868. The summed E-state index contributed by atoms with van der Waals surface area (Å²) in [5.74, 6) is 0.618. The van der Waals surface area contributed by atoms with Gasteiger partial charge in [0.1, 0.15) is 11.3 Å². The number of fused-ring (bicyclic) bond motifs is 1. The Morgan fingerprint density at radius 3 is 2.74 bits per heavy atom. The van der Waals surface area contributed by atoms with Crippen LogP contribution in [-0.2, 0) is 6.54 Å². The first-order chi connectivity index (χ1) is 9.11. The maximum Gasteiger partial charge on any atom is 0.330 e. The molecule has 6 nitrogen and oxygen atoms in total. The molecule has 3 rings (SSSR count). The van der Waals surface area contributed by atoms with Crippen molar-refractivity contribution >= 4 is 22.5 Å². The average molecular weight is 276 g/mol. The fraction of sp³-hybridized carbons (Fsp3) is 0.250. The van der Waals surface area contributed by atoms with Crippen LogP contribution in [0.15, 0.2) is 20.3 Å². The monoisotopic (exact) mass is 276 g/mol. The summed E-state index contributed by atoms with van der Waals surface area (Å²) in [5, 5.41) is 3.98. The Kier molecular flexibility index (Phi) is 2.63. The number of imidazole rings is 1. The van der Waals surface area contributed by atoms with Gasteiger partial charge in [0.15, 0.2) is 5.65 Å². The zero-order chi connectivity index (χ0) is 13.6. The molecule has 0 bridgehead atoms. The average Bonchev–Trinajstić information content (AvgIpc) is 2.95. The Hall–Kier alpha value is -2.15. The number of nitrogens with one attached hydrogen (secondary N) is 2.